The van der Waals surface area contributed by atoms with Crippen LogP contribution in [-0.2, 0) is 20.9 Å². The van der Waals surface area contributed by atoms with Crippen LogP contribution in [0.2, 0.25) is 0 Å². The van der Waals surface area contributed by atoms with Crippen LogP contribution in [0.15, 0.2) is 30.6 Å². The van der Waals surface area contributed by atoms with Crippen molar-refractivity contribution in [1.82, 2.24) is 14.8 Å². The number of carbonyl (C=O) groups excluding carboxylic acids is 2. The molecule has 0 radical (unpaired) electrons. The molecule has 0 spiro atoms. The van der Waals surface area contributed by atoms with Crippen molar-refractivity contribution in [2.75, 3.05) is 4.90 Å². The molecule has 7 nitrogen and oxygen atoms in total. The first kappa shape index (κ1) is 14.8. The fraction of sp³-hybridized carbons (Fsp3) is 0.444. The Kier molecular flexibility index (Phi) is 3.09. The first-order chi connectivity index (χ1) is 12.1. The molecule has 4 heterocycles. The van der Waals surface area contributed by atoms with Gasteiger partial charge in [-0.05, 0) is 30.9 Å². The number of fused-ring (bicyclic) bond motifs is 5. The molecule has 1 aromatic carbocycles. The van der Waals surface area contributed by atoms with Crippen LogP contribution in [0.3, 0.4) is 0 Å². The van der Waals surface area contributed by atoms with E-state index in [0.717, 1.165) is 28.9 Å². The first-order valence-electron chi connectivity index (χ1n) is 8.61. The number of benzene rings is 1. The predicted octanol–water partition coefficient (Wildman–Crippen LogP) is 1.30. The third kappa shape index (κ3) is 2.08. The number of aromatic nitrogens is 3. The zero-order valence-corrected chi connectivity index (χ0v) is 13.8. The largest absolute Gasteiger partial charge is 0.373 e. The van der Waals surface area contributed by atoms with Crippen molar-refractivity contribution >= 4 is 17.8 Å². The topological polar surface area (TPSA) is 77.3 Å². The van der Waals surface area contributed by atoms with Gasteiger partial charge in [0.15, 0.2) is 0 Å². The maximum absolute atomic E-state index is 12.7. The maximum Gasteiger partial charge on any atom is 0.258 e. The highest BCUT2D eigenvalue weighted by Gasteiger charge is 2.63. The van der Waals surface area contributed by atoms with Crippen LogP contribution in [0.4, 0.5) is 5.95 Å². The van der Waals surface area contributed by atoms with E-state index in [4.69, 9.17) is 4.74 Å². The molecule has 0 N–H and O–H groups in total. The van der Waals surface area contributed by atoms with Crippen molar-refractivity contribution < 1.29 is 14.3 Å². The second kappa shape index (κ2) is 5.23. The second-order valence-corrected chi connectivity index (χ2v) is 7.02. The molecule has 7 heteroatoms. The lowest BCUT2D eigenvalue weighted by Gasteiger charge is -2.14. The molecule has 2 bridgehead atoms. The molecule has 2 amide bonds. The average molecular weight is 338 g/mol. The number of hydrogen-bond donors (Lipinski definition) is 0. The summed E-state index contributed by atoms with van der Waals surface area (Å²) in [7, 11) is 0. The quantitative estimate of drug-likeness (QED) is 0.789. The van der Waals surface area contributed by atoms with Gasteiger partial charge in [-0.1, -0.05) is 24.3 Å². The van der Waals surface area contributed by atoms with E-state index in [0.29, 0.717) is 6.54 Å². The minimum Gasteiger partial charge on any atom is -0.373 e. The molecule has 3 saturated heterocycles. The van der Waals surface area contributed by atoms with Crippen molar-refractivity contribution in [2.45, 2.75) is 38.5 Å². The summed E-state index contributed by atoms with van der Waals surface area (Å²) in [4.78, 5) is 30.9. The highest BCUT2D eigenvalue weighted by molar-refractivity contribution is 6.21. The zero-order chi connectivity index (χ0) is 17.1. The molecule has 0 aliphatic carbocycles. The lowest BCUT2D eigenvalue weighted by atomic mass is 9.81. The van der Waals surface area contributed by atoms with E-state index in [1.165, 1.54) is 0 Å². The summed E-state index contributed by atoms with van der Waals surface area (Å²) in [5, 5.41) is 4.38. The summed E-state index contributed by atoms with van der Waals surface area (Å²) in [6, 6.07) is 8.03. The van der Waals surface area contributed by atoms with Crippen LogP contribution in [0.1, 0.15) is 24.0 Å². The summed E-state index contributed by atoms with van der Waals surface area (Å²) in [5.74, 6) is -0.951. The highest BCUT2D eigenvalue weighted by atomic mass is 16.5. The molecule has 3 aliphatic heterocycles. The van der Waals surface area contributed by atoms with Gasteiger partial charge < -0.3 is 4.74 Å². The van der Waals surface area contributed by atoms with Gasteiger partial charge in [0, 0.05) is 0 Å². The smallest absolute Gasteiger partial charge is 0.258 e. The molecule has 2 aromatic rings. The fourth-order valence-electron chi connectivity index (χ4n) is 4.33. The monoisotopic (exact) mass is 338 g/mol. The minimum absolute atomic E-state index is 0.120. The Hall–Kier alpha value is -2.54. The van der Waals surface area contributed by atoms with Gasteiger partial charge in [0.1, 0.15) is 6.33 Å². The molecule has 3 fully saturated rings. The fourth-order valence-corrected chi connectivity index (χ4v) is 4.33. The molecule has 4 atom stereocenters. The summed E-state index contributed by atoms with van der Waals surface area (Å²) >= 11 is 0. The normalized spacial score (nSPS) is 30.4. The number of carbonyl (C=O) groups is 2. The summed E-state index contributed by atoms with van der Waals surface area (Å²) in [6.45, 7) is 2.59. The van der Waals surface area contributed by atoms with Gasteiger partial charge in [-0.2, -0.15) is 4.98 Å². The van der Waals surface area contributed by atoms with Gasteiger partial charge in [-0.25, -0.2) is 9.58 Å². The first-order valence-corrected chi connectivity index (χ1v) is 8.61. The number of hydrogen-bond acceptors (Lipinski definition) is 5. The lowest BCUT2D eigenvalue weighted by molar-refractivity contribution is -0.124. The van der Waals surface area contributed by atoms with E-state index in [2.05, 4.69) is 10.1 Å². The van der Waals surface area contributed by atoms with Crippen molar-refractivity contribution in [3.05, 3.63) is 41.7 Å². The Labute approximate surface area is 144 Å². The number of nitrogens with zero attached hydrogens (tertiary/aromatic N) is 4. The van der Waals surface area contributed by atoms with Crippen molar-refractivity contribution in [2.24, 2.45) is 11.8 Å². The SMILES string of the molecule is Cc1ccccc1Cn1cnc(N2C(=O)[C@@H]3[C@@H](C2=O)[C@@H]2CC[C@@H]3O2)n1. The van der Waals surface area contributed by atoms with Crippen LogP contribution >= 0.6 is 0 Å². The average Bonchev–Trinajstić information content (AvgIpc) is 3.35. The van der Waals surface area contributed by atoms with Gasteiger partial charge >= 0.3 is 0 Å². The van der Waals surface area contributed by atoms with E-state index in [-0.39, 0.29) is 41.8 Å². The Morgan fingerprint density at radius 1 is 1.12 bits per heavy atom. The zero-order valence-electron chi connectivity index (χ0n) is 13.8. The van der Waals surface area contributed by atoms with Crippen molar-refractivity contribution in [1.29, 1.82) is 0 Å². The minimum atomic E-state index is -0.352. The molecule has 3 aliphatic rings. The second-order valence-electron chi connectivity index (χ2n) is 7.02. The number of amides is 2. The van der Waals surface area contributed by atoms with Crippen LogP contribution in [0.5, 0.6) is 0 Å². The highest BCUT2D eigenvalue weighted by Crippen LogP contribution is 2.48. The Bertz CT molecular complexity index is 849. The third-order valence-electron chi connectivity index (χ3n) is 5.60. The molecule has 0 unspecified atom stereocenters. The summed E-state index contributed by atoms with van der Waals surface area (Å²) in [6.07, 6.45) is 3.04. The van der Waals surface area contributed by atoms with Gasteiger partial charge in [-0.15, -0.1) is 5.10 Å². The van der Waals surface area contributed by atoms with Crippen LogP contribution < -0.4 is 4.90 Å². The van der Waals surface area contributed by atoms with E-state index in [1.807, 2.05) is 31.2 Å². The molecule has 128 valence electrons. The summed E-state index contributed by atoms with van der Waals surface area (Å²) < 4.78 is 7.41. The standard InChI is InChI=1S/C18H18N4O3/c1-10-4-2-3-5-11(10)8-21-9-19-18(20-21)22-16(23)14-12-6-7-13(25-12)15(14)17(22)24/h2-5,9,12-15H,6-8H2,1H3/t12-,13-,14-,15-/m0/s1. The van der Waals surface area contributed by atoms with E-state index in [1.54, 1.807) is 11.0 Å². The predicted molar refractivity (Wildman–Crippen MR) is 87.7 cm³/mol. The molecule has 0 saturated carbocycles. The third-order valence-corrected chi connectivity index (χ3v) is 5.60. The number of ether oxygens (including phenoxy) is 1. The van der Waals surface area contributed by atoms with Crippen LogP contribution in [0.25, 0.3) is 0 Å². The van der Waals surface area contributed by atoms with E-state index < -0.39 is 0 Å². The molecule has 5 rings (SSSR count). The number of aryl methyl sites for hydroxylation is 1. The van der Waals surface area contributed by atoms with Crippen molar-refractivity contribution in [3.8, 4) is 0 Å². The molecule has 1 aromatic heterocycles. The Morgan fingerprint density at radius 2 is 1.80 bits per heavy atom. The van der Waals surface area contributed by atoms with Gasteiger partial charge in [0.2, 0.25) is 11.8 Å². The molecular weight excluding hydrogens is 320 g/mol. The van der Waals surface area contributed by atoms with Crippen LogP contribution in [0, 0.1) is 18.8 Å². The lowest BCUT2D eigenvalue weighted by Crippen LogP contribution is -2.35. The van der Waals surface area contributed by atoms with Gasteiger partial charge in [0.25, 0.3) is 5.95 Å². The molecule has 25 heavy (non-hydrogen) atoms. The van der Waals surface area contributed by atoms with Gasteiger partial charge in [-0.3, -0.25) is 9.59 Å². The van der Waals surface area contributed by atoms with Crippen molar-refractivity contribution in [3.63, 3.8) is 0 Å². The van der Waals surface area contributed by atoms with Crippen LogP contribution in [-0.4, -0.2) is 38.8 Å². The number of rotatable bonds is 3. The maximum atomic E-state index is 12.7. The summed E-state index contributed by atoms with van der Waals surface area (Å²) in [5.41, 5.74) is 2.29. The van der Waals surface area contributed by atoms with Gasteiger partial charge in [0.05, 0.1) is 30.6 Å². The van der Waals surface area contributed by atoms with E-state index >= 15 is 0 Å². The molecular formula is C18H18N4O3. The number of anilines is 1. The number of imide groups is 1. The van der Waals surface area contributed by atoms with E-state index in [9.17, 15) is 9.59 Å². The Balaban J connectivity index is 1.41. The Morgan fingerprint density at radius 3 is 2.48 bits per heavy atom.